The van der Waals surface area contributed by atoms with Crippen molar-refractivity contribution in [2.45, 2.75) is 0 Å². The summed E-state index contributed by atoms with van der Waals surface area (Å²) in [5.41, 5.74) is -0.391. The van der Waals surface area contributed by atoms with Crippen LogP contribution in [-0.4, -0.2) is 21.9 Å². The van der Waals surface area contributed by atoms with Crippen molar-refractivity contribution in [3.8, 4) is 5.88 Å². The van der Waals surface area contributed by atoms with E-state index in [9.17, 15) is 9.70 Å². The van der Waals surface area contributed by atoms with Gasteiger partial charge in [0.15, 0.2) is 7.05 Å². The van der Waals surface area contributed by atoms with Crippen LogP contribution in [0.3, 0.4) is 0 Å². The molecule has 11 heavy (non-hydrogen) atoms. The summed E-state index contributed by atoms with van der Waals surface area (Å²) in [7, 11) is 1.23. The van der Waals surface area contributed by atoms with Crippen molar-refractivity contribution >= 4 is 5.69 Å². The highest BCUT2D eigenvalue weighted by Gasteiger charge is 2.13. The van der Waals surface area contributed by atoms with Crippen molar-refractivity contribution in [1.29, 1.82) is 0 Å². The number of nitrogens with one attached hydrogen (secondary N) is 1. The monoisotopic (exact) mass is 155 g/mol. The fraction of sp³-hybridized carbons (Fsp3) is 0.167. The fourth-order valence-electron chi connectivity index (χ4n) is 0.710. The molecule has 0 amide bonds. The molecule has 2 N–H and O–H groups in total. The highest BCUT2D eigenvalue weighted by Crippen LogP contribution is 2.18. The number of aromatic hydroxyl groups is 1. The smallest absolute Gasteiger partial charge is 0.315 e. The Morgan fingerprint density at radius 3 is 2.64 bits per heavy atom. The number of hydrogen-bond donors (Lipinski definition) is 2. The van der Waals surface area contributed by atoms with Gasteiger partial charge in [0.2, 0.25) is 0 Å². The lowest BCUT2D eigenvalue weighted by Gasteiger charge is -1.89. The van der Waals surface area contributed by atoms with Crippen molar-refractivity contribution in [2.24, 2.45) is 0 Å². The highest BCUT2D eigenvalue weighted by atomic mass is 16.3. The van der Waals surface area contributed by atoms with Crippen molar-refractivity contribution < 1.29 is 9.87 Å². The molecule has 5 nitrogen and oxygen atoms in total. The van der Waals surface area contributed by atoms with Crippen LogP contribution in [0.15, 0.2) is 16.9 Å². The van der Waals surface area contributed by atoms with Crippen molar-refractivity contribution in [3.63, 3.8) is 0 Å². The van der Waals surface area contributed by atoms with Gasteiger partial charge in [-0.25, -0.2) is 0 Å². The molecule has 5 heteroatoms. The minimum Gasteiger partial charge on any atom is -0.490 e. The van der Waals surface area contributed by atoms with Gasteiger partial charge < -0.3 is 5.11 Å². The van der Waals surface area contributed by atoms with E-state index >= 15 is 0 Å². The summed E-state index contributed by atoms with van der Waals surface area (Å²) < 4.78 is 0.464. The van der Waals surface area contributed by atoms with Gasteiger partial charge in [-0.05, 0) is 0 Å². The van der Waals surface area contributed by atoms with Gasteiger partial charge in [-0.15, -0.1) is 0 Å². The van der Waals surface area contributed by atoms with Gasteiger partial charge in [0.25, 0.3) is 11.4 Å². The Balaban J connectivity index is 3.31. The van der Waals surface area contributed by atoms with Gasteiger partial charge in [-0.1, -0.05) is 0 Å². The van der Waals surface area contributed by atoms with Crippen LogP contribution < -0.4 is 5.56 Å². The topological polar surface area (TPSA) is 73.2 Å². The Bertz CT molecular complexity index is 342. The predicted molar refractivity (Wildman–Crippen MR) is 37.9 cm³/mol. The Morgan fingerprint density at radius 1 is 1.55 bits per heavy atom. The molecule has 0 aliphatic rings. The molecular weight excluding hydrogens is 148 g/mol. The molecule has 0 bridgehead atoms. The molecule has 0 atom stereocenters. The number of hydrogen-bond acceptors (Lipinski definition) is 3. The zero-order valence-electron chi connectivity index (χ0n) is 5.87. The maximum atomic E-state index is 10.6. The van der Waals surface area contributed by atoms with Crippen LogP contribution in [0, 0.1) is 4.91 Å². The first kappa shape index (κ1) is 7.46. The third-order valence-electron chi connectivity index (χ3n) is 1.22. The zero-order chi connectivity index (χ0) is 8.43. The molecule has 0 spiro atoms. The molecule has 0 aromatic carbocycles. The Labute approximate surface area is 61.9 Å². The van der Waals surface area contributed by atoms with Gasteiger partial charge >= 0.3 is 5.69 Å². The quantitative estimate of drug-likeness (QED) is 0.566. The number of nitroso groups, excluding NO2 is 1. The molecule has 0 fully saturated rings. The SMILES string of the molecule is C[N+](=O)c1ccc(=O)[nH]c1O. The van der Waals surface area contributed by atoms with Gasteiger partial charge in [0.05, 0.1) is 0 Å². The summed E-state index contributed by atoms with van der Waals surface area (Å²) in [5, 5.41) is 8.96. The molecule has 1 rings (SSSR count). The lowest BCUT2D eigenvalue weighted by atomic mass is 10.4. The maximum Gasteiger partial charge on any atom is 0.315 e. The van der Waals surface area contributed by atoms with Crippen LogP contribution in [0.25, 0.3) is 0 Å². The molecule has 58 valence electrons. The summed E-state index contributed by atoms with van der Waals surface area (Å²) in [6, 6.07) is 2.42. The normalized spacial score (nSPS) is 9.55. The van der Waals surface area contributed by atoms with Gasteiger partial charge in [0, 0.05) is 21.8 Å². The van der Waals surface area contributed by atoms with E-state index in [1.165, 1.54) is 19.2 Å². The van der Waals surface area contributed by atoms with E-state index in [0.717, 1.165) is 0 Å². The molecule has 1 heterocycles. The van der Waals surface area contributed by atoms with Crippen LogP contribution in [0.2, 0.25) is 0 Å². The molecule has 1 aromatic heterocycles. The first-order valence-corrected chi connectivity index (χ1v) is 2.94. The summed E-state index contributed by atoms with van der Waals surface area (Å²) in [6.45, 7) is 0. The Morgan fingerprint density at radius 2 is 2.18 bits per heavy atom. The van der Waals surface area contributed by atoms with Crippen LogP contribution in [0.4, 0.5) is 5.69 Å². The molecule has 0 aliphatic carbocycles. The molecule has 0 unspecified atom stereocenters. The molecule has 1 aromatic rings. The fourth-order valence-corrected chi connectivity index (χ4v) is 0.710. The molecule has 0 saturated heterocycles. The summed E-state index contributed by atoms with van der Waals surface area (Å²) in [4.78, 5) is 23.2. The second-order valence-corrected chi connectivity index (χ2v) is 2.05. The van der Waals surface area contributed by atoms with Gasteiger partial charge in [-0.3, -0.25) is 9.78 Å². The first-order valence-electron chi connectivity index (χ1n) is 2.94. The maximum absolute atomic E-state index is 10.6. The average molecular weight is 155 g/mol. The van der Waals surface area contributed by atoms with E-state index in [1.54, 1.807) is 0 Å². The van der Waals surface area contributed by atoms with Gasteiger partial charge in [0.1, 0.15) is 0 Å². The molecule has 0 aliphatic heterocycles. The largest absolute Gasteiger partial charge is 0.490 e. The van der Waals surface area contributed by atoms with Crippen LogP contribution in [0.5, 0.6) is 5.88 Å². The van der Waals surface area contributed by atoms with E-state index in [1.807, 2.05) is 0 Å². The van der Waals surface area contributed by atoms with E-state index in [0.29, 0.717) is 4.76 Å². The lowest BCUT2D eigenvalue weighted by Crippen LogP contribution is -2.04. The summed E-state index contributed by atoms with van der Waals surface area (Å²) >= 11 is 0. The highest BCUT2D eigenvalue weighted by molar-refractivity contribution is 5.37. The predicted octanol–water partition coefficient (Wildman–Crippen LogP) is 0.121. The number of rotatable bonds is 1. The summed E-state index contributed by atoms with van der Waals surface area (Å²) in [6.07, 6.45) is 0. The van der Waals surface area contributed by atoms with E-state index in [4.69, 9.17) is 5.11 Å². The number of nitrogens with zero attached hydrogens (tertiary/aromatic N) is 1. The average Bonchev–Trinajstić information content (AvgIpc) is 1.85. The van der Waals surface area contributed by atoms with Gasteiger partial charge in [-0.2, -0.15) is 0 Å². The van der Waals surface area contributed by atoms with Crippen molar-refractivity contribution in [1.82, 2.24) is 4.98 Å². The minimum absolute atomic E-state index is 0.0459. The number of H-pyrrole nitrogens is 1. The van der Waals surface area contributed by atoms with Crippen LogP contribution >= 0.6 is 0 Å². The Hall–Kier alpha value is -1.65. The van der Waals surface area contributed by atoms with E-state index < -0.39 is 11.4 Å². The van der Waals surface area contributed by atoms with Crippen molar-refractivity contribution in [3.05, 3.63) is 27.4 Å². The van der Waals surface area contributed by atoms with E-state index in [-0.39, 0.29) is 5.69 Å². The zero-order valence-corrected chi connectivity index (χ0v) is 5.87. The number of pyridine rings is 1. The minimum atomic E-state index is -0.437. The Kier molecular flexibility index (Phi) is 1.72. The third kappa shape index (κ3) is 1.43. The third-order valence-corrected chi connectivity index (χ3v) is 1.22. The second kappa shape index (κ2) is 2.53. The molecule has 0 saturated carbocycles. The summed E-state index contributed by atoms with van der Waals surface area (Å²) in [5.74, 6) is -0.407. The van der Waals surface area contributed by atoms with Crippen molar-refractivity contribution in [2.75, 3.05) is 7.05 Å². The standard InChI is InChI=1S/C6H6N2O3/c1-8(11)4-2-3-5(9)7-6(4)10/h2-3H,1H3,(H-,7,9,10,11)/p+1. The number of aromatic nitrogens is 1. The van der Waals surface area contributed by atoms with Crippen LogP contribution in [-0.2, 0) is 0 Å². The molecular formula is C6H7N2O3+. The number of aromatic amines is 1. The van der Waals surface area contributed by atoms with Crippen LogP contribution in [0.1, 0.15) is 0 Å². The lowest BCUT2D eigenvalue weighted by molar-refractivity contribution is -0.429. The second-order valence-electron chi connectivity index (χ2n) is 2.05. The molecule has 0 radical (unpaired) electrons. The van der Waals surface area contributed by atoms with E-state index in [2.05, 4.69) is 4.98 Å². The first-order chi connectivity index (χ1) is 5.11.